The fourth-order valence-electron chi connectivity index (χ4n) is 4.44. The minimum atomic E-state index is -3.48. The van der Waals surface area contributed by atoms with Gasteiger partial charge in [-0.2, -0.15) is 4.31 Å². The fraction of sp³-hybridized carbons (Fsp3) is 0.304. The van der Waals surface area contributed by atoms with Crippen LogP contribution in [0.3, 0.4) is 0 Å². The second-order valence-electron chi connectivity index (χ2n) is 8.15. The van der Waals surface area contributed by atoms with Crippen molar-refractivity contribution >= 4 is 26.7 Å². The van der Waals surface area contributed by atoms with Crippen molar-refractivity contribution in [3.05, 3.63) is 72.6 Å². The van der Waals surface area contributed by atoms with Crippen molar-refractivity contribution in [2.75, 3.05) is 24.7 Å². The predicted octanol–water partition coefficient (Wildman–Crippen LogP) is 3.03. The van der Waals surface area contributed by atoms with Gasteiger partial charge in [-0.15, -0.1) is 0 Å². The topological polar surface area (TPSA) is 85.7 Å². The van der Waals surface area contributed by atoms with E-state index in [-0.39, 0.29) is 0 Å². The summed E-state index contributed by atoms with van der Waals surface area (Å²) < 4.78 is 27.7. The Kier molecular flexibility index (Phi) is 5.21. The van der Waals surface area contributed by atoms with Crippen molar-refractivity contribution in [2.24, 2.45) is 5.73 Å². The van der Waals surface area contributed by atoms with Gasteiger partial charge in [0, 0.05) is 49.0 Å². The number of benzene rings is 2. The first-order valence-electron chi connectivity index (χ1n) is 10.6. The second kappa shape index (κ2) is 8.03. The molecule has 0 amide bonds. The van der Waals surface area contributed by atoms with Gasteiger partial charge in [-0.05, 0) is 42.7 Å². The first kappa shape index (κ1) is 20.1. The van der Waals surface area contributed by atoms with Crippen molar-refractivity contribution in [1.82, 2.24) is 14.2 Å². The first-order valence-corrected chi connectivity index (χ1v) is 12.1. The van der Waals surface area contributed by atoms with Gasteiger partial charge in [-0.1, -0.05) is 30.3 Å². The highest BCUT2D eigenvalue weighted by molar-refractivity contribution is 7.89. The third kappa shape index (κ3) is 3.82. The average molecular weight is 438 g/mol. The van der Waals surface area contributed by atoms with Crippen LogP contribution in [0.1, 0.15) is 18.4 Å². The Balaban J connectivity index is 1.22. The monoisotopic (exact) mass is 437 g/mol. The summed E-state index contributed by atoms with van der Waals surface area (Å²) in [5.41, 5.74) is 7.63. The Morgan fingerprint density at radius 3 is 2.58 bits per heavy atom. The summed E-state index contributed by atoms with van der Waals surface area (Å²) in [6.45, 7) is 2.15. The average Bonchev–Trinajstić information content (AvgIpc) is 3.46. The molecule has 0 spiro atoms. The van der Waals surface area contributed by atoms with E-state index in [1.807, 2.05) is 18.2 Å². The summed E-state index contributed by atoms with van der Waals surface area (Å²) in [6, 6.07) is 17.7. The standard InChI is InChI=1S/C23H27N5O2S/c24-16-18-4-3-6-21(14-18)31(29,30)28-10-8-20(9-11-28)26-12-13-27(17-26)23-15-19-5-1-2-7-22(19)25-23/h1-7,12-15,20,25H,8-11,16-17,24H2. The largest absolute Gasteiger partial charge is 0.355 e. The van der Waals surface area contributed by atoms with Crippen molar-refractivity contribution < 1.29 is 8.42 Å². The van der Waals surface area contributed by atoms with Crippen LogP contribution in [0.4, 0.5) is 5.82 Å². The lowest BCUT2D eigenvalue weighted by molar-refractivity contribution is 0.199. The van der Waals surface area contributed by atoms with E-state index in [0.717, 1.165) is 36.4 Å². The van der Waals surface area contributed by atoms with Crippen LogP contribution in [0.5, 0.6) is 0 Å². The number of piperidine rings is 1. The van der Waals surface area contributed by atoms with E-state index in [0.29, 0.717) is 30.6 Å². The molecule has 2 aliphatic rings. The molecular weight excluding hydrogens is 410 g/mol. The van der Waals surface area contributed by atoms with Crippen LogP contribution in [0, 0.1) is 0 Å². The third-order valence-electron chi connectivity index (χ3n) is 6.24. The van der Waals surface area contributed by atoms with Gasteiger partial charge in [0.1, 0.15) is 5.82 Å². The zero-order chi connectivity index (χ0) is 21.4. The highest BCUT2D eigenvalue weighted by Gasteiger charge is 2.32. The lowest BCUT2D eigenvalue weighted by atomic mass is 10.1. The van der Waals surface area contributed by atoms with Crippen LogP contribution >= 0.6 is 0 Å². The molecule has 0 aliphatic carbocycles. The number of rotatable bonds is 5. The zero-order valence-electron chi connectivity index (χ0n) is 17.3. The molecule has 2 aromatic carbocycles. The summed E-state index contributed by atoms with van der Waals surface area (Å²) in [5.74, 6) is 1.07. The number of hydrogen-bond acceptors (Lipinski definition) is 5. The van der Waals surface area contributed by atoms with E-state index in [1.54, 1.807) is 22.5 Å². The number of aromatic nitrogens is 1. The quantitative estimate of drug-likeness (QED) is 0.641. The Bertz CT molecular complexity index is 1180. The molecule has 1 aromatic heterocycles. The van der Waals surface area contributed by atoms with Crippen LogP contribution in [0.25, 0.3) is 10.9 Å². The van der Waals surface area contributed by atoms with Gasteiger partial charge < -0.3 is 20.5 Å². The van der Waals surface area contributed by atoms with Gasteiger partial charge in [0.25, 0.3) is 0 Å². The number of hydrogen-bond donors (Lipinski definition) is 2. The van der Waals surface area contributed by atoms with E-state index < -0.39 is 10.0 Å². The van der Waals surface area contributed by atoms with Crippen molar-refractivity contribution in [2.45, 2.75) is 30.3 Å². The minimum absolute atomic E-state index is 0.326. The van der Waals surface area contributed by atoms with Crippen molar-refractivity contribution in [3.8, 4) is 0 Å². The van der Waals surface area contributed by atoms with Crippen LogP contribution < -0.4 is 10.6 Å². The molecule has 0 radical (unpaired) electrons. The van der Waals surface area contributed by atoms with Gasteiger partial charge in [-0.25, -0.2) is 8.42 Å². The molecule has 1 fully saturated rings. The Hall–Kier alpha value is -2.81. The molecule has 5 rings (SSSR count). The van der Waals surface area contributed by atoms with E-state index >= 15 is 0 Å². The molecule has 2 aliphatic heterocycles. The molecule has 8 heteroatoms. The number of nitrogens with two attached hydrogens (primary N) is 1. The molecule has 7 nitrogen and oxygen atoms in total. The lowest BCUT2D eigenvalue weighted by Crippen LogP contribution is -2.45. The molecule has 0 bridgehead atoms. The Labute approximate surface area is 182 Å². The number of nitrogens with zero attached hydrogens (tertiary/aromatic N) is 3. The molecule has 0 unspecified atom stereocenters. The molecule has 0 atom stereocenters. The van der Waals surface area contributed by atoms with E-state index in [9.17, 15) is 8.42 Å². The summed E-state index contributed by atoms with van der Waals surface area (Å²) in [4.78, 5) is 8.31. The number of H-pyrrole nitrogens is 1. The highest BCUT2D eigenvalue weighted by Crippen LogP contribution is 2.28. The van der Waals surface area contributed by atoms with E-state index in [2.05, 4.69) is 45.4 Å². The van der Waals surface area contributed by atoms with Gasteiger partial charge in [0.2, 0.25) is 10.0 Å². The van der Waals surface area contributed by atoms with Crippen LogP contribution in [0.2, 0.25) is 0 Å². The van der Waals surface area contributed by atoms with Crippen LogP contribution in [-0.4, -0.2) is 48.4 Å². The van der Waals surface area contributed by atoms with Crippen molar-refractivity contribution in [1.29, 1.82) is 0 Å². The number of sulfonamides is 1. The molecule has 31 heavy (non-hydrogen) atoms. The minimum Gasteiger partial charge on any atom is -0.355 e. The number of fused-ring (bicyclic) bond motifs is 1. The Morgan fingerprint density at radius 2 is 1.81 bits per heavy atom. The third-order valence-corrected chi connectivity index (χ3v) is 8.14. The highest BCUT2D eigenvalue weighted by atomic mass is 32.2. The van der Waals surface area contributed by atoms with Crippen LogP contribution in [-0.2, 0) is 16.6 Å². The first-order chi connectivity index (χ1) is 15.0. The van der Waals surface area contributed by atoms with Crippen molar-refractivity contribution in [3.63, 3.8) is 0 Å². The second-order valence-corrected chi connectivity index (χ2v) is 10.1. The molecule has 3 aromatic rings. The summed E-state index contributed by atoms with van der Waals surface area (Å²) in [5, 5.41) is 1.20. The number of para-hydroxylation sites is 1. The molecule has 3 heterocycles. The van der Waals surface area contributed by atoms with Gasteiger partial charge in [-0.3, -0.25) is 0 Å². The summed E-state index contributed by atoms with van der Waals surface area (Å²) >= 11 is 0. The number of nitrogens with one attached hydrogen (secondary N) is 1. The SMILES string of the molecule is NCc1cccc(S(=O)(=O)N2CCC(N3C=CN(c4cc5ccccc5[nH]4)C3)CC2)c1. The predicted molar refractivity (Wildman–Crippen MR) is 123 cm³/mol. The zero-order valence-corrected chi connectivity index (χ0v) is 18.1. The Morgan fingerprint density at radius 1 is 1.00 bits per heavy atom. The molecule has 1 saturated heterocycles. The maximum atomic E-state index is 13.1. The summed E-state index contributed by atoms with van der Waals surface area (Å²) in [7, 11) is -3.48. The molecule has 162 valence electrons. The molecule has 0 saturated carbocycles. The maximum Gasteiger partial charge on any atom is 0.243 e. The fourth-order valence-corrected chi connectivity index (χ4v) is 5.98. The number of aromatic amines is 1. The van der Waals surface area contributed by atoms with E-state index in [4.69, 9.17) is 5.73 Å². The summed E-state index contributed by atoms with van der Waals surface area (Å²) in [6.07, 6.45) is 5.82. The number of anilines is 1. The maximum absolute atomic E-state index is 13.1. The van der Waals surface area contributed by atoms with Crippen LogP contribution in [0.15, 0.2) is 71.9 Å². The smallest absolute Gasteiger partial charge is 0.243 e. The molecule has 3 N–H and O–H groups in total. The lowest BCUT2D eigenvalue weighted by Gasteiger charge is -2.36. The normalized spacial score (nSPS) is 18.4. The molecular formula is C23H27N5O2S. The van der Waals surface area contributed by atoms with E-state index in [1.165, 1.54) is 5.39 Å². The van der Waals surface area contributed by atoms with Gasteiger partial charge >= 0.3 is 0 Å². The van der Waals surface area contributed by atoms with Gasteiger partial charge in [0.05, 0.1) is 11.6 Å². The van der Waals surface area contributed by atoms with Gasteiger partial charge in [0.15, 0.2) is 0 Å².